The first-order valence-corrected chi connectivity index (χ1v) is 6.75. The van der Waals surface area contributed by atoms with E-state index in [2.05, 4.69) is 0 Å². The molecule has 0 aliphatic rings. The molecule has 0 saturated heterocycles. The number of hydrogen-bond donors (Lipinski definition) is 0. The summed E-state index contributed by atoms with van der Waals surface area (Å²) in [5.74, 6) is -0.178. The molecule has 88 valence electrons. The van der Waals surface area contributed by atoms with Crippen molar-refractivity contribution in [1.82, 2.24) is 0 Å². The van der Waals surface area contributed by atoms with Crippen LogP contribution >= 0.6 is 0 Å². The molecule has 1 aromatic rings. The highest BCUT2D eigenvalue weighted by Crippen LogP contribution is 2.18. The molecular formula is C11H14O4S. The lowest BCUT2D eigenvalue weighted by atomic mass is 10.1. The van der Waals surface area contributed by atoms with Crippen molar-refractivity contribution in [3.05, 3.63) is 29.3 Å². The topological polar surface area (TPSA) is 60.4 Å². The van der Waals surface area contributed by atoms with Gasteiger partial charge in [-0.25, -0.2) is 8.42 Å². The van der Waals surface area contributed by atoms with Crippen LogP contribution in [0.5, 0.6) is 5.75 Å². The number of rotatable bonds is 4. The number of carbonyl (C=O) groups is 1. The highest BCUT2D eigenvalue weighted by atomic mass is 32.2. The number of Topliss-reactive ketones (excluding diaryl/α,β-unsaturated/α-hetero) is 1. The lowest BCUT2D eigenvalue weighted by Crippen LogP contribution is -2.14. The fraction of sp³-hybridized carbons (Fsp3) is 0.364. The summed E-state index contributed by atoms with van der Waals surface area (Å²) >= 11 is 0. The number of hydrogen-bond acceptors (Lipinski definition) is 4. The molecule has 16 heavy (non-hydrogen) atoms. The Balaban J connectivity index is 2.98. The molecule has 0 saturated carbocycles. The van der Waals surface area contributed by atoms with Crippen LogP contribution in [0.2, 0.25) is 0 Å². The molecule has 0 aliphatic carbocycles. The first-order chi connectivity index (χ1) is 7.33. The van der Waals surface area contributed by atoms with E-state index in [1.54, 1.807) is 32.2 Å². The number of carbonyl (C=O) groups excluding carboxylic acids is 1. The average Bonchev–Trinajstić information content (AvgIpc) is 2.15. The van der Waals surface area contributed by atoms with Gasteiger partial charge in [-0.1, -0.05) is 0 Å². The summed E-state index contributed by atoms with van der Waals surface area (Å²) in [5, 5.41) is 0. The van der Waals surface area contributed by atoms with Gasteiger partial charge in [0, 0.05) is 11.8 Å². The number of aryl methyl sites for hydroxylation is 1. The summed E-state index contributed by atoms with van der Waals surface area (Å²) in [6.07, 6.45) is 1.04. The molecule has 0 spiro atoms. The van der Waals surface area contributed by atoms with Crippen LogP contribution < -0.4 is 4.74 Å². The van der Waals surface area contributed by atoms with E-state index in [1.165, 1.54) is 0 Å². The predicted octanol–water partition coefficient (Wildman–Crippen LogP) is 1.23. The van der Waals surface area contributed by atoms with Crippen LogP contribution in [0.3, 0.4) is 0 Å². The number of ketones is 1. The molecule has 5 heteroatoms. The van der Waals surface area contributed by atoms with Crippen LogP contribution in [0.25, 0.3) is 0 Å². The Morgan fingerprint density at radius 1 is 1.38 bits per heavy atom. The average molecular weight is 242 g/mol. The third kappa shape index (κ3) is 3.34. The molecule has 4 nitrogen and oxygen atoms in total. The lowest BCUT2D eigenvalue weighted by molar-refractivity contribution is 0.102. The van der Waals surface area contributed by atoms with E-state index in [0.29, 0.717) is 11.3 Å². The number of sulfone groups is 1. The van der Waals surface area contributed by atoms with Gasteiger partial charge in [0.15, 0.2) is 15.6 Å². The summed E-state index contributed by atoms with van der Waals surface area (Å²) in [5.41, 5.74) is 1.20. The maximum absolute atomic E-state index is 11.6. The molecule has 0 amide bonds. The number of benzene rings is 1. The van der Waals surface area contributed by atoms with Crippen LogP contribution in [-0.2, 0) is 9.84 Å². The minimum absolute atomic E-state index is 0.392. The van der Waals surface area contributed by atoms with Crippen LogP contribution in [0.15, 0.2) is 18.2 Å². The zero-order valence-electron chi connectivity index (χ0n) is 9.48. The summed E-state index contributed by atoms with van der Waals surface area (Å²) in [4.78, 5) is 11.6. The molecule has 0 fully saturated rings. The first kappa shape index (κ1) is 12.7. The predicted molar refractivity (Wildman–Crippen MR) is 61.8 cm³/mol. The van der Waals surface area contributed by atoms with Gasteiger partial charge >= 0.3 is 0 Å². The molecular weight excluding hydrogens is 228 g/mol. The molecule has 0 bridgehead atoms. The maximum atomic E-state index is 11.6. The molecule has 1 rings (SSSR count). The Labute approximate surface area is 95.2 Å². The minimum atomic E-state index is -3.28. The van der Waals surface area contributed by atoms with Crippen molar-refractivity contribution in [2.24, 2.45) is 0 Å². The van der Waals surface area contributed by atoms with Gasteiger partial charge < -0.3 is 4.74 Å². The quantitative estimate of drug-likeness (QED) is 0.745. The first-order valence-electron chi connectivity index (χ1n) is 4.69. The van der Waals surface area contributed by atoms with Crippen LogP contribution in [0.1, 0.15) is 15.9 Å². The van der Waals surface area contributed by atoms with Crippen molar-refractivity contribution in [3.63, 3.8) is 0 Å². The van der Waals surface area contributed by atoms with Gasteiger partial charge in [-0.2, -0.15) is 0 Å². The molecule has 0 radical (unpaired) electrons. The molecule has 0 heterocycles. The number of methoxy groups -OCH3 is 1. The summed E-state index contributed by atoms with van der Waals surface area (Å²) in [6, 6.07) is 4.86. The molecule has 0 atom stereocenters. The highest BCUT2D eigenvalue weighted by molar-refractivity contribution is 7.91. The monoisotopic (exact) mass is 242 g/mol. The van der Waals surface area contributed by atoms with Crippen molar-refractivity contribution < 1.29 is 17.9 Å². The van der Waals surface area contributed by atoms with Gasteiger partial charge in [-0.05, 0) is 30.7 Å². The zero-order valence-corrected chi connectivity index (χ0v) is 10.3. The maximum Gasteiger partial charge on any atom is 0.177 e. The van der Waals surface area contributed by atoms with E-state index < -0.39 is 21.4 Å². The SMILES string of the molecule is COc1ccc(C(=O)CS(C)(=O)=O)cc1C. The van der Waals surface area contributed by atoms with Crippen LogP contribution in [-0.4, -0.2) is 33.3 Å². The van der Waals surface area contributed by atoms with E-state index in [1.807, 2.05) is 0 Å². The Bertz CT molecular complexity index is 503. The smallest absolute Gasteiger partial charge is 0.177 e. The van der Waals surface area contributed by atoms with Gasteiger partial charge in [0.25, 0.3) is 0 Å². The Morgan fingerprint density at radius 3 is 2.44 bits per heavy atom. The summed E-state index contributed by atoms with van der Waals surface area (Å²) in [6.45, 7) is 1.80. The second-order valence-corrected chi connectivity index (χ2v) is 5.82. The van der Waals surface area contributed by atoms with Crippen LogP contribution in [0.4, 0.5) is 0 Å². The second kappa shape index (κ2) is 4.65. The fourth-order valence-electron chi connectivity index (χ4n) is 1.37. The van der Waals surface area contributed by atoms with Crippen molar-refractivity contribution >= 4 is 15.6 Å². The van der Waals surface area contributed by atoms with Crippen LogP contribution in [0, 0.1) is 6.92 Å². The van der Waals surface area contributed by atoms with Gasteiger partial charge in [0.2, 0.25) is 0 Å². The Morgan fingerprint density at radius 2 is 2.00 bits per heavy atom. The van der Waals surface area contributed by atoms with E-state index in [0.717, 1.165) is 11.8 Å². The van der Waals surface area contributed by atoms with Gasteiger partial charge in [0.1, 0.15) is 11.5 Å². The van der Waals surface area contributed by atoms with Crippen molar-refractivity contribution in [2.45, 2.75) is 6.92 Å². The van der Waals surface area contributed by atoms with Gasteiger partial charge in [0.05, 0.1) is 7.11 Å². The Hall–Kier alpha value is -1.36. The largest absolute Gasteiger partial charge is 0.496 e. The highest BCUT2D eigenvalue weighted by Gasteiger charge is 2.14. The summed E-state index contributed by atoms with van der Waals surface area (Å²) < 4.78 is 27.0. The Kier molecular flexibility index (Phi) is 3.70. The zero-order chi connectivity index (χ0) is 12.3. The van der Waals surface area contributed by atoms with Crippen molar-refractivity contribution in [1.29, 1.82) is 0 Å². The summed E-state index contributed by atoms with van der Waals surface area (Å²) in [7, 11) is -1.74. The van der Waals surface area contributed by atoms with E-state index in [-0.39, 0.29) is 0 Å². The molecule has 0 unspecified atom stereocenters. The minimum Gasteiger partial charge on any atom is -0.496 e. The lowest BCUT2D eigenvalue weighted by Gasteiger charge is -2.06. The molecule has 0 aliphatic heterocycles. The normalized spacial score (nSPS) is 11.2. The van der Waals surface area contributed by atoms with E-state index >= 15 is 0 Å². The second-order valence-electron chi connectivity index (χ2n) is 3.68. The molecule has 0 aromatic heterocycles. The van der Waals surface area contributed by atoms with Gasteiger partial charge in [-0.15, -0.1) is 0 Å². The van der Waals surface area contributed by atoms with Gasteiger partial charge in [-0.3, -0.25) is 4.79 Å². The number of ether oxygens (including phenoxy) is 1. The molecule has 0 N–H and O–H groups in total. The van der Waals surface area contributed by atoms with Crippen molar-refractivity contribution in [2.75, 3.05) is 19.1 Å². The fourth-order valence-corrected chi connectivity index (χ4v) is 2.02. The third-order valence-electron chi connectivity index (χ3n) is 2.11. The van der Waals surface area contributed by atoms with Crippen molar-refractivity contribution in [3.8, 4) is 5.75 Å². The standard InChI is InChI=1S/C11H14O4S/c1-8-6-9(4-5-11(8)15-2)10(12)7-16(3,13)14/h4-6H,7H2,1-3H3. The van der Waals surface area contributed by atoms with E-state index in [9.17, 15) is 13.2 Å². The third-order valence-corrected chi connectivity index (χ3v) is 2.90. The van der Waals surface area contributed by atoms with E-state index in [4.69, 9.17) is 4.74 Å². The molecule has 1 aromatic carbocycles.